The van der Waals surface area contributed by atoms with Crippen LogP contribution in [0.4, 0.5) is 0 Å². The van der Waals surface area contributed by atoms with E-state index in [0.717, 1.165) is 21.2 Å². The predicted octanol–water partition coefficient (Wildman–Crippen LogP) is 3.71. The first-order chi connectivity index (χ1) is 14.0. The molecule has 0 aliphatic rings. The van der Waals surface area contributed by atoms with Crippen molar-refractivity contribution in [3.05, 3.63) is 48.0 Å². The standard InChI is InChI=1S/C24H32N2O4/c1-6-20(27)26(22(28)19(25)14-15(2)3)21(23(29)30)24(4,5)18-13-9-11-16-10-7-8-12-17(16)18/h7-13,15,19,21H,6,14,25H2,1-5H3,(H,29,30). The Morgan fingerprint density at radius 3 is 2.23 bits per heavy atom. The van der Waals surface area contributed by atoms with Crippen LogP contribution in [-0.4, -0.2) is 39.9 Å². The Kier molecular flexibility index (Phi) is 7.37. The number of carboxylic acids is 1. The van der Waals surface area contributed by atoms with Gasteiger partial charge in [-0.1, -0.05) is 77.1 Å². The van der Waals surface area contributed by atoms with Crippen LogP contribution in [0.1, 0.15) is 53.0 Å². The molecule has 0 saturated heterocycles. The van der Waals surface area contributed by atoms with Gasteiger partial charge in [-0.05, 0) is 28.7 Å². The zero-order valence-corrected chi connectivity index (χ0v) is 18.4. The summed E-state index contributed by atoms with van der Waals surface area (Å²) in [6.45, 7) is 8.97. The number of hydrogen-bond donors (Lipinski definition) is 2. The van der Waals surface area contributed by atoms with Crippen LogP contribution in [0.3, 0.4) is 0 Å². The average Bonchev–Trinajstić information content (AvgIpc) is 2.69. The molecule has 0 aliphatic heterocycles. The van der Waals surface area contributed by atoms with E-state index in [-0.39, 0.29) is 12.3 Å². The summed E-state index contributed by atoms with van der Waals surface area (Å²) in [6, 6.07) is 11.0. The molecule has 2 unspecified atom stereocenters. The topological polar surface area (TPSA) is 101 Å². The molecule has 2 aromatic carbocycles. The summed E-state index contributed by atoms with van der Waals surface area (Å²) >= 11 is 0. The number of fused-ring (bicyclic) bond motifs is 1. The molecule has 2 atom stereocenters. The van der Waals surface area contributed by atoms with Gasteiger partial charge in [-0.2, -0.15) is 0 Å². The van der Waals surface area contributed by atoms with Crippen molar-refractivity contribution in [1.29, 1.82) is 0 Å². The van der Waals surface area contributed by atoms with Crippen molar-refractivity contribution in [1.82, 2.24) is 4.90 Å². The molecule has 0 aliphatic carbocycles. The van der Waals surface area contributed by atoms with Gasteiger partial charge >= 0.3 is 5.97 Å². The van der Waals surface area contributed by atoms with E-state index in [0.29, 0.717) is 6.42 Å². The maximum Gasteiger partial charge on any atom is 0.327 e. The maximum atomic E-state index is 13.2. The fraction of sp³-hybridized carbons (Fsp3) is 0.458. The largest absolute Gasteiger partial charge is 0.480 e. The molecule has 0 aromatic heterocycles. The lowest BCUT2D eigenvalue weighted by molar-refractivity contribution is -0.161. The van der Waals surface area contributed by atoms with Crippen LogP contribution in [0, 0.1) is 5.92 Å². The number of benzene rings is 2. The summed E-state index contributed by atoms with van der Waals surface area (Å²) in [7, 11) is 0. The average molecular weight is 413 g/mol. The molecule has 0 radical (unpaired) electrons. The molecule has 0 fully saturated rings. The molecule has 0 spiro atoms. The molecule has 30 heavy (non-hydrogen) atoms. The Labute approximate surface area is 178 Å². The molecule has 2 aromatic rings. The molecule has 0 heterocycles. The number of rotatable bonds is 8. The van der Waals surface area contributed by atoms with E-state index < -0.39 is 35.3 Å². The first-order valence-corrected chi connectivity index (χ1v) is 10.3. The third kappa shape index (κ3) is 4.70. The van der Waals surface area contributed by atoms with Gasteiger partial charge in [0.15, 0.2) is 0 Å². The van der Waals surface area contributed by atoms with Crippen LogP contribution >= 0.6 is 0 Å². The molecule has 2 rings (SSSR count). The van der Waals surface area contributed by atoms with Crippen LogP contribution in [0.2, 0.25) is 0 Å². The predicted molar refractivity (Wildman–Crippen MR) is 118 cm³/mol. The Bertz CT molecular complexity index is 930. The maximum absolute atomic E-state index is 13.2. The van der Waals surface area contributed by atoms with Crippen molar-refractivity contribution >= 4 is 28.6 Å². The minimum absolute atomic E-state index is 0.00946. The summed E-state index contributed by atoms with van der Waals surface area (Å²) in [5.74, 6) is -2.28. The Balaban J connectivity index is 2.64. The second kappa shape index (κ2) is 9.39. The van der Waals surface area contributed by atoms with Gasteiger partial charge in [-0.15, -0.1) is 0 Å². The number of imide groups is 1. The van der Waals surface area contributed by atoms with Gasteiger partial charge in [-0.3, -0.25) is 14.5 Å². The number of nitrogens with zero attached hydrogens (tertiary/aromatic N) is 1. The molecule has 162 valence electrons. The van der Waals surface area contributed by atoms with Crippen molar-refractivity contribution in [2.45, 2.75) is 65.0 Å². The zero-order valence-electron chi connectivity index (χ0n) is 18.4. The molecule has 3 N–H and O–H groups in total. The van der Waals surface area contributed by atoms with E-state index in [2.05, 4.69) is 0 Å². The molecule has 0 saturated carbocycles. The van der Waals surface area contributed by atoms with Gasteiger partial charge in [0, 0.05) is 11.8 Å². The van der Waals surface area contributed by atoms with E-state index in [1.165, 1.54) is 0 Å². The van der Waals surface area contributed by atoms with Crippen LogP contribution < -0.4 is 5.73 Å². The molecule has 6 heteroatoms. The lowest BCUT2D eigenvalue weighted by atomic mass is 9.74. The number of carbonyl (C=O) groups is 3. The van der Waals surface area contributed by atoms with E-state index in [9.17, 15) is 19.5 Å². The van der Waals surface area contributed by atoms with Crippen LogP contribution in [0.5, 0.6) is 0 Å². The third-order valence-corrected chi connectivity index (χ3v) is 5.51. The number of amides is 2. The SMILES string of the molecule is CCC(=O)N(C(=O)C(N)CC(C)C)C(C(=O)O)C(C)(C)c1cccc2ccccc12. The molecule has 0 bridgehead atoms. The van der Waals surface area contributed by atoms with Gasteiger partial charge in [0.1, 0.15) is 6.04 Å². The van der Waals surface area contributed by atoms with Gasteiger partial charge in [0.25, 0.3) is 0 Å². The van der Waals surface area contributed by atoms with E-state index >= 15 is 0 Å². The van der Waals surface area contributed by atoms with Gasteiger partial charge in [0.2, 0.25) is 11.8 Å². The fourth-order valence-corrected chi connectivity index (χ4v) is 4.03. The van der Waals surface area contributed by atoms with Crippen LogP contribution in [0.25, 0.3) is 10.8 Å². The summed E-state index contributed by atoms with van der Waals surface area (Å²) in [5.41, 5.74) is 5.79. The second-order valence-corrected chi connectivity index (χ2v) is 8.68. The fourth-order valence-electron chi connectivity index (χ4n) is 4.03. The Morgan fingerprint density at radius 2 is 1.67 bits per heavy atom. The molecule has 2 amide bonds. The minimum Gasteiger partial charge on any atom is -0.480 e. The second-order valence-electron chi connectivity index (χ2n) is 8.68. The Morgan fingerprint density at radius 1 is 1.07 bits per heavy atom. The highest BCUT2D eigenvalue weighted by molar-refractivity contribution is 6.02. The monoisotopic (exact) mass is 412 g/mol. The third-order valence-electron chi connectivity index (χ3n) is 5.51. The van der Waals surface area contributed by atoms with E-state index in [4.69, 9.17) is 5.73 Å². The van der Waals surface area contributed by atoms with Gasteiger partial charge < -0.3 is 10.8 Å². The van der Waals surface area contributed by atoms with E-state index in [1.807, 2.05) is 56.3 Å². The first kappa shape index (κ1) is 23.5. The highest BCUT2D eigenvalue weighted by Crippen LogP contribution is 2.36. The van der Waals surface area contributed by atoms with Crippen molar-refractivity contribution < 1.29 is 19.5 Å². The lowest BCUT2D eigenvalue weighted by Crippen LogP contribution is -2.60. The van der Waals surface area contributed by atoms with E-state index in [1.54, 1.807) is 20.8 Å². The number of carbonyl (C=O) groups excluding carboxylic acids is 2. The van der Waals surface area contributed by atoms with Gasteiger partial charge in [0.05, 0.1) is 6.04 Å². The zero-order chi connectivity index (χ0) is 22.6. The molecule has 6 nitrogen and oxygen atoms in total. The Hall–Kier alpha value is -2.73. The minimum atomic E-state index is -1.39. The summed E-state index contributed by atoms with van der Waals surface area (Å²) in [6.07, 6.45) is 0.378. The highest BCUT2D eigenvalue weighted by atomic mass is 16.4. The summed E-state index contributed by atoms with van der Waals surface area (Å²) in [5, 5.41) is 12.0. The normalized spacial score (nSPS) is 13.8. The number of nitrogens with two attached hydrogens (primary N) is 1. The molecular formula is C24H32N2O4. The summed E-state index contributed by atoms with van der Waals surface area (Å²) in [4.78, 5) is 39.4. The number of aliphatic carboxylic acids is 1. The summed E-state index contributed by atoms with van der Waals surface area (Å²) < 4.78 is 0. The smallest absolute Gasteiger partial charge is 0.327 e. The van der Waals surface area contributed by atoms with Crippen molar-refractivity contribution in [2.75, 3.05) is 0 Å². The number of carboxylic acid groups (broad SMARTS) is 1. The van der Waals surface area contributed by atoms with Crippen LogP contribution in [-0.2, 0) is 19.8 Å². The van der Waals surface area contributed by atoms with Crippen molar-refractivity contribution in [3.63, 3.8) is 0 Å². The van der Waals surface area contributed by atoms with Crippen molar-refractivity contribution in [3.8, 4) is 0 Å². The van der Waals surface area contributed by atoms with Gasteiger partial charge in [-0.25, -0.2) is 4.79 Å². The van der Waals surface area contributed by atoms with Crippen molar-refractivity contribution in [2.24, 2.45) is 11.7 Å². The molecular weight excluding hydrogens is 380 g/mol. The lowest BCUT2D eigenvalue weighted by Gasteiger charge is -2.40. The highest BCUT2D eigenvalue weighted by Gasteiger charge is 2.47. The first-order valence-electron chi connectivity index (χ1n) is 10.3. The quantitative estimate of drug-likeness (QED) is 0.688. The number of hydrogen-bond acceptors (Lipinski definition) is 4. The van der Waals surface area contributed by atoms with Crippen LogP contribution in [0.15, 0.2) is 42.5 Å².